The lowest BCUT2D eigenvalue weighted by Crippen LogP contribution is -2.30. The molecule has 14 heavy (non-hydrogen) atoms. The van der Waals surface area contributed by atoms with E-state index < -0.39 is 12.0 Å². The number of oxime groups is 1. The molecule has 5 heteroatoms. The number of amides is 2. The van der Waals surface area contributed by atoms with Crippen LogP contribution in [-0.4, -0.2) is 17.7 Å². The maximum Gasteiger partial charge on any atom is 0.440 e. The second-order valence-corrected chi connectivity index (χ2v) is 2.79. The fourth-order valence-corrected chi connectivity index (χ4v) is 0.406. The zero-order valence-corrected chi connectivity index (χ0v) is 8.59. The average molecular weight is 198 g/mol. The molecule has 0 bridgehead atoms. The molecule has 2 amide bonds. The van der Waals surface area contributed by atoms with Crippen molar-refractivity contribution < 1.29 is 14.4 Å². The first-order valence-electron chi connectivity index (χ1n) is 4.18. The van der Waals surface area contributed by atoms with Crippen LogP contribution >= 0.6 is 0 Å². The molecule has 0 saturated carbocycles. The van der Waals surface area contributed by atoms with Gasteiger partial charge in [-0.2, -0.15) is 0 Å². The average Bonchev–Trinajstić information content (AvgIpc) is 2.13. The fourth-order valence-electron chi connectivity index (χ4n) is 0.406. The summed E-state index contributed by atoms with van der Waals surface area (Å²) in [4.78, 5) is 26.2. The van der Waals surface area contributed by atoms with Crippen LogP contribution in [0, 0.1) is 0 Å². The van der Waals surface area contributed by atoms with Gasteiger partial charge in [0.15, 0.2) is 0 Å². The highest BCUT2D eigenvalue weighted by Gasteiger charge is 2.08. The molecule has 0 aromatic heterocycles. The zero-order valence-electron chi connectivity index (χ0n) is 8.59. The van der Waals surface area contributed by atoms with Gasteiger partial charge in [0.05, 0.1) is 5.71 Å². The smallest absolute Gasteiger partial charge is 0.298 e. The predicted octanol–water partition coefficient (Wildman–Crippen LogP) is 1.60. The summed E-state index contributed by atoms with van der Waals surface area (Å²) in [5.41, 5.74) is 0.904. The predicted molar refractivity (Wildman–Crippen MR) is 52.8 cm³/mol. The Kier molecular flexibility index (Phi) is 5.21. The highest BCUT2D eigenvalue weighted by molar-refractivity contribution is 6.01. The van der Waals surface area contributed by atoms with Gasteiger partial charge in [0.25, 0.3) is 5.91 Å². The normalized spacial score (nSPS) is 10.6. The Morgan fingerprint density at radius 1 is 1.43 bits per heavy atom. The number of rotatable bonds is 3. The molecule has 0 aromatic carbocycles. The van der Waals surface area contributed by atoms with E-state index >= 15 is 0 Å². The first kappa shape index (κ1) is 12.3. The first-order chi connectivity index (χ1) is 6.47. The summed E-state index contributed by atoms with van der Waals surface area (Å²) < 4.78 is 0. The highest BCUT2D eigenvalue weighted by atomic mass is 16.7. The Hall–Kier alpha value is -1.65. The lowest BCUT2D eigenvalue weighted by molar-refractivity contribution is -0.116. The molecule has 0 radical (unpaired) electrons. The third kappa shape index (κ3) is 5.08. The Labute approximate surface area is 82.8 Å². The molecule has 5 nitrogen and oxygen atoms in total. The third-order valence-electron chi connectivity index (χ3n) is 1.40. The summed E-state index contributed by atoms with van der Waals surface area (Å²) in [7, 11) is 0. The maximum absolute atomic E-state index is 10.9. The molecule has 0 aliphatic carbocycles. The van der Waals surface area contributed by atoms with E-state index in [1.807, 2.05) is 12.2 Å². The van der Waals surface area contributed by atoms with Crippen LogP contribution in [0.1, 0.15) is 27.2 Å². The van der Waals surface area contributed by atoms with E-state index in [1.165, 1.54) is 6.92 Å². The molecule has 78 valence electrons. The molecular formula is C9H14N2O3. The van der Waals surface area contributed by atoms with Gasteiger partial charge in [-0.1, -0.05) is 18.7 Å². The molecule has 0 aliphatic rings. The summed E-state index contributed by atoms with van der Waals surface area (Å²) in [6.07, 6.45) is -0.215. The Bertz CT molecular complexity index is 282. The first-order valence-corrected chi connectivity index (χ1v) is 4.18. The Morgan fingerprint density at radius 3 is 2.43 bits per heavy atom. The van der Waals surface area contributed by atoms with Crippen LogP contribution in [0.15, 0.2) is 17.3 Å². The minimum Gasteiger partial charge on any atom is -0.298 e. The quantitative estimate of drug-likeness (QED) is 0.324. The molecule has 0 aliphatic heterocycles. The van der Waals surface area contributed by atoms with Gasteiger partial charge in [-0.25, -0.2) is 4.79 Å². The van der Waals surface area contributed by atoms with Gasteiger partial charge in [-0.15, -0.1) is 0 Å². The summed E-state index contributed by atoms with van der Waals surface area (Å²) in [5.74, 6) is -0.570. The van der Waals surface area contributed by atoms with E-state index in [4.69, 9.17) is 0 Å². The molecule has 0 atom stereocenters. The van der Waals surface area contributed by atoms with Crippen LogP contribution in [0.5, 0.6) is 0 Å². The van der Waals surface area contributed by atoms with Crippen molar-refractivity contribution >= 4 is 17.7 Å². The zero-order chi connectivity index (χ0) is 11.1. The summed E-state index contributed by atoms with van der Waals surface area (Å²) >= 11 is 0. The van der Waals surface area contributed by atoms with Crippen LogP contribution < -0.4 is 5.32 Å². The van der Waals surface area contributed by atoms with Crippen molar-refractivity contribution in [2.24, 2.45) is 5.16 Å². The van der Waals surface area contributed by atoms with Gasteiger partial charge in [0.2, 0.25) is 0 Å². The van der Waals surface area contributed by atoms with Crippen molar-refractivity contribution in [3.63, 3.8) is 0 Å². The van der Waals surface area contributed by atoms with Gasteiger partial charge in [-0.05, 0) is 20.3 Å². The molecular weight excluding hydrogens is 184 g/mol. The monoisotopic (exact) mass is 198 g/mol. The minimum atomic E-state index is -0.897. The van der Waals surface area contributed by atoms with Gasteiger partial charge < -0.3 is 0 Å². The summed E-state index contributed by atoms with van der Waals surface area (Å²) in [5, 5.41) is 5.43. The number of nitrogens with zero attached hydrogens (tertiary/aromatic N) is 1. The van der Waals surface area contributed by atoms with E-state index in [-0.39, 0.29) is 5.57 Å². The van der Waals surface area contributed by atoms with Crippen molar-refractivity contribution in [2.75, 3.05) is 0 Å². The molecule has 0 unspecified atom stereocenters. The summed E-state index contributed by atoms with van der Waals surface area (Å²) in [6.45, 7) is 8.44. The van der Waals surface area contributed by atoms with Crippen LogP contribution in [0.4, 0.5) is 4.79 Å². The summed E-state index contributed by atoms with van der Waals surface area (Å²) in [6, 6.07) is 0. The number of carbonyl (C=O) groups excluding carboxylic acids is 2. The molecule has 0 aromatic rings. The fraction of sp³-hybridized carbons (Fsp3) is 0.444. The largest absolute Gasteiger partial charge is 0.440 e. The van der Waals surface area contributed by atoms with Crippen LogP contribution in [0.25, 0.3) is 0 Å². The van der Waals surface area contributed by atoms with E-state index in [9.17, 15) is 9.59 Å². The molecule has 0 fully saturated rings. The Balaban J connectivity index is 4.00. The van der Waals surface area contributed by atoms with Crippen molar-refractivity contribution in [1.29, 1.82) is 0 Å². The maximum atomic E-state index is 10.9. The highest BCUT2D eigenvalue weighted by Crippen LogP contribution is 1.89. The second-order valence-electron chi connectivity index (χ2n) is 2.79. The molecule has 0 saturated heterocycles. The van der Waals surface area contributed by atoms with Crippen molar-refractivity contribution in [1.82, 2.24) is 5.32 Å². The lowest BCUT2D eigenvalue weighted by atomic mass is 10.3. The lowest BCUT2D eigenvalue weighted by Gasteiger charge is -2.00. The molecule has 0 rings (SSSR count). The molecule has 0 spiro atoms. The van der Waals surface area contributed by atoms with Gasteiger partial charge in [0.1, 0.15) is 0 Å². The van der Waals surface area contributed by atoms with Crippen LogP contribution in [-0.2, 0) is 9.63 Å². The number of hydrogen-bond acceptors (Lipinski definition) is 4. The Morgan fingerprint density at radius 2 is 2.00 bits per heavy atom. The van der Waals surface area contributed by atoms with E-state index in [2.05, 4.69) is 16.6 Å². The van der Waals surface area contributed by atoms with Gasteiger partial charge in [-0.3, -0.25) is 14.9 Å². The van der Waals surface area contributed by atoms with Crippen molar-refractivity contribution in [3.05, 3.63) is 12.2 Å². The van der Waals surface area contributed by atoms with Crippen molar-refractivity contribution in [2.45, 2.75) is 27.2 Å². The van der Waals surface area contributed by atoms with Crippen LogP contribution in [0.3, 0.4) is 0 Å². The molecule has 1 N–H and O–H groups in total. The minimum absolute atomic E-state index is 0.234. The van der Waals surface area contributed by atoms with E-state index in [0.717, 1.165) is 0 Å². The van der Waals surface area contributed by atoms with Gasteiger partial charge >= 0.3 is 6.09 Å². The topological polar surface area (TPSA) is 67.8 Å². The van der Waals surface area contributed by atoms with Crippen molar-refractivity contribution in [3.8, 4) is 0 Å². The number of carbonyl (C=O) groups is 2. The standard InChI is InChI=1S/C9H14N2O3/c1-5-7(4)11-14-9(13)10-8(12)6(2)3/h2,5H2,1,3-4H3,(H,10,12,13)/b11-7-. The number of imide groups is 1. The number of nitrogens with one attached hydrogen (secondary N) is 1. The SMILES string of the molecule is C=C(C)C(=O)NC(=O)O/N=C(/C)CC. The van der Waals surface area contributed by atoms with Crippen LogP contribution in [0.2, 0.25) is 0 Å². The third-order valence-corrected chi connectivity index (χ3v) is 1.40. The molecule has 0 heterocycles. The van der Waals surface area contributed by atoms with Gasteiger partial charge in [0, 0.05) is 5.57 Å². The second kappa shape index (κ2) is 5.90. The van der Waals surface area contributed by atoms with E-state index in [0.29, 0.717) is 12.1 Å². The number of hydrogen-bond donors (Lipinski definition) is 1. The van der Waals surface area contributed by atoms with E-state index in [1.54, 1.807) is 6.92 Å².